The number of methoxy groups -OCH3 is 1. The Balaban J connectivity index is 2.56. The van der Waals surface area contributed by atoms with Crippen molar-refractivity contribution in [3.8, 4) is 0 Å². The molecule has 0 fully saturated rings. The molecule has 0 spiro atoms. The normalized spacial score (nSPS) is 14.9. The topological polar surface area (TPSA) is 58.7 Å². The second-order valence-electron chi connectivity index (χ2n) is 4.43. The van der Waals surface area contributed by atoms with Crippen molar-refractivity contribution in [3.05, 3.63) is 29.8 Å². The summed E-state index contributed by atoms with van der Waals surface area (Å²) in [6.07, 6.45) is -0.525. The predicted octanol–water partition coefficient (Wildman–Crippen LogP) is 1.27. The van der Waals surface area contributed by atoms with Gasteiger partial charge in [0.1, 0.15) is 0 Å². The molecule has 0 bridgehead atoms. The summed E-state index contributed by atoms with van der Waals surface area (Å²) in [6, 6.07) is 7.63. The maximum atomic E-state index is 10.1. The van der Waals surface area contributed by atoms with Crippen LogP contribution in [0, 0.1) is 0 Å². The number of aliphatic hydroxyl groups excluding tert-OH is 1. The van der Waals surface area contributed by atoms with Crippen LogP contribution in [0.2, 0.25) is 0 Å². The quantitative estimate of drug-likeness (QED) is 0.733. The third-order valence-corrected chi connectivity index (χ3v) is 2.92. The number of nitrogen functional groups attached to an aromatic ring is 1. The number of hydrogen-bond donors (Lipinski definition) is 2. The van der Waals surface area contributed by atoms with Gasteiger partial charge in [-0.2, -0.15) is 0 Å². The number of ether oxygens (including phenoxy) is 1. The minimum atomic E-state index is -0.525. The maximum absolute atomic E-state index is 10.1. The van der Waals surface area contributed by atoms with Gasteiger partial charge >= 0.3 is 0 Å². The first-order chi connectivity index (χ1) is 8.04. The maximum Gasteiger partial charge on any atom is 0.0917 e. The van der Waals surface area contributed by atoms with Gasteiger partial charge in [-0.15, -0.1) is 0 Å². The first-order valence-corrected chi connectivity index (χ1v) is 5.77. The van der Waals surface area contributed by atoms with Crippen molar-refractivity contribution >= 4 is 5.69 Å². The van der Waals surface area contributed by atoms with Crippen LogP contribution in [-0.2, 0) is 4.74 Å². The number of aliphatic hydroxyl groups is 1. The molecular formula is C13H22N2O2. The summed E-state index contributed by atoms with van der Waals surface area (Å²) < 4.78 is 5.09. The Kier molecular flexibility index (Phi) is 5.41. The zero-order valence-corrected chi connectivity index (χ0v) is 10.8. The fourth-order valence-corrected chi connectivity index (χ4v) is 1.69. The van der Waals surface area contributed by atoms with Gasteiger partial charge < -0.3 is 15.6 Å². The van der Waals surface area contributed by atoms with Gasteiger partial charge in [-0.1, -0.05) is 12.1 Å². The predicted molar refractivity (Wildman–Crippen MR) is 69.8 cm³/mol. The minimum absolute atomic E-state index is 0.274. The first-order valence-electron chi connectivity index (χ1n) is 5.77. The molecule has 0 aromatic heterocycles. The van der Waals surface area contributed by atoms with Crippen LogP contribution in [0.25, 0.3) is 0 Å². The van der Waals surface area contributed by atoms with Gasteiger partial charge in [0.25, 0.3) is 0 Å². The molecule has 1 rings (SSSR count). The molecule has 2 unspecified atom stereocenters. The highest BCUT2D eigenvalue weighted by Gasteiger charge is 2.15. The van der Waals surface area contributed by atoms with E-state index < -0.39 is 6.10 Å². The van der Waals surface area contributed by atoms with Gasteiger partial charge in [-0.3, -0.25) is 4.90 Å². The van der Waals surface area contributed by atoms with Crippen molar-refractivity contribution in [2.24, 2.45) is 0 Å². The van der Waals surface area contributed by atoms with E-state index in [1.165, 1.54) is 0 Å². The van der Waals surface area contributed by atoms with Gasteiger partial charge in [0.2, 0.25) is 0 Å². The van der Waals surface area contributed by atoms with E-state index in [9.17, 15) is 5.11 Å². The van der Waals surface area contributed by atoms with E-state index in [1.807, 2.05) is 25.2 Å². The molecule has 2 atom stereocenters. The molecule has 4 nitrogen and oxygen atoms in total. The van der Waals surface area contributed by atoms with Crippen LogP contribution in [0.5, 0.6) is 0 Å². The zero-order chi connectivity index (χ0) is 12.8. The van der Waals surface area contributed by atoms with E-state index >= 15 is 0 Å². The number of hydrogen-bond acceptors (Lipinski definition) is 4. The lowest BCUT2D eigenvalue weighted by Gasteiger charge is -2.26. The Labute approximate surface area is 103 Å². The monoisotopic (exact) mass is 238 g/mol. The van der Waals surface area contributed by atoms with Gasteiger partial charge in [-0.25, -0.2) is 0 Å². The Morgan fingerprint density at radius 1 is 1.47 bits per heavy atom. The highest BCUT2D eigenvalue weighted by Crippen LogP contribution is 2.17. The van der Waals surface area contributed by atoms with Crippen molar-refractivity contribution in [2.45, 2.75) is 19.1 Å². The number of benzene rings is 1. The number of likely N-dealkylation sites (N-methyl/N-ethyl adjacent to an activating group) is 1. The number of rotatable bonds is 6. The molecule has 0 saturated heterocycles. The average molecular weight is 238 g/mol. The molecule has 1 aromatic rings. The molecular weight excluding hydrogens is 216 g/mol. The molecule has 0 aliphatic rings. The van der Waals surface area contributed by atoms with Crippen molar-refractivity contribution in [1.29, 1.82) is 0 Å². The molecule has 3 N–H and O–H groups in total. The van der Waals surface area contributed by atoms with E-state index in [1.54, 1.807) is 13.2 Å². The molecule has 96 valence electrons. The Hall–Kier alpha value is -1.10. The number of anilines is 1. The number of nitrogens with two attached hydrogens (primary N) is 1. The van der Waals surface area contributed by atoms with E-state index in [4.69, 9.17) is 10.5 Å². The van der Waals surface area contributed by atoms with E-state index in [-0.39, 0.29) is 6.04 Å². The Morgan fingerprint density at radius 2 is 2.18 bits per heavy atom. The molecule has 0 saturated carbocycles. The zero-order valence-electron chi connectivity index (χ0n) is 10.8. The van der Waals surface area contributed by atoms with Crippen LogP contribution in [0.15, 0.2) is 24.3 Å². The highest BCUT2D eigenvalue weighted by molar-refractivity contribution is 5.41. The van der Waals surface area contributed by atoms with Crippen LogP contribution >= 0.6 is 0 Å². The van der Waals surface area contributed by atoms with Crippen molar-refractivity contribution in [2.75, 3.05) is 33.0 Å². The first kappa shape index (κ1) is 14.0. The Morgan fingerprint density at radius 3 is 2.76 bits per heavy atom. The van der Waals surface area contributed by atoms with Gasteiger partial charge in [-0.05, 0) is 31.7 Å². The Bertz CT molecular complexity index is 344. The van der Waals surface area contributed by atoms with Crippen LogP contribution in [0.3, 0.4) is 0 Å². The summed E-state index contributed by atoms with van der Waals surface area (Å²) in [6.45, 7) is 3.28. The summed E-state index contributed by atoms with van der Waals surface area (Å²) in [5.41, 5.74) is 7.21. The molecule has 0 aliphatic carbocycles. The molecule has 0 aliphatic heterocycles. The SMILES string of the molecule is COCC(C)N(C)CC(O)c1cccc(N)c1. The summed E-state index contributed by atoms with van der Waals surface area (Å²) in [4.78, 5) is 2.07. The summed E-state index contributed by atoms with van der Waals surface area (Å²) >= 11 is 0. The van der Waals surface area contributed by atoms with Crippen LogP contribution in [-0.4, -0.2) is 43.4 Å². The fraction of sp³-hybridized carbons (Fsp3) is 0.538. The largest absolute Gasteiger partial charge is 0.399 e. The van der Waals surface area contributed by atoms with Crippen LogP contribution in [0.1, 0.15) is 18.6 Å². The smallest absolute Gasteiger partial charge is 0.0917 e. The summed E-state index contributed by atoms with van der Waals surface area (Å²) in [5.74, 6) is 0. The van der Waals surface area contributed by atoms with Crippen molar-refractivity contribution in [3.63, 3.8) is 0 Å². The van der Waals surface area contributed by atoms with Crippen molar-refractivity contribution in [1.82, 2.24) is 4.90 Å². The molecule has 17 heavy (non-hydrogen) atoms. The minimum Gasteiger partial charge on any atom is -0.399 e. The standard InChI is InChI=1S/C13H22N2O2/c1-10(9-17-3)15(2)8-13(16)11-5-4-6-12(14)7-11/h4-7,10,13,16H,8-9,14H2,1-3H3. The van der Waals surface area contributed by atoms with Gasteiger partial charge in [0.15, 0.2) is 0 Å². The third-order valence-electron chi connectivity index (χ3n) is 2.92. The lowest BCUT2D eigenvalue weighted by molar-refractivity contribution is 0.0709. The van der Waals surface area contributed by atoms with Crippen LogP contribution in [0.4, 0.5) is 5.69 Å². The molecule has 0 radical (unpaired) electrons. The average Bonchev–Trinajstić information content (AvgIpc) is 2.29. The molecule has 1 aromatic carbocycles. The third kappa shape index (κ3) is 4.34. The van der Waals surface area contributed by atoms with Gasteiger partial charge in [0.05, 0.1) is 12.7 Å². The van der Waals surface area contributed by atoms with Gasteiger partial charge in [0, 0.05) is 25.4 Å². The molecule has 0 amide bonds. The van der Waals surface area contributed by atoms with Crippen LogP contribution < -0.4 is 5.73 Å². The van der Waals surface area contributed by atoms with E-state index in [0.717, 1.165) is 5.56 Å². The van der Waals surface area contributed by atoms with Crippen molar-refractivity contribution < 1.29 is 9.84 Å². The highest BCUT2D eigenvalue weighted by atomic mass is 16.5. The second-order valence-corrected chi connectivity index (χ2v) is 4.43. The molecule has 0 heterocycles. The lowest BCUT2D eigenvalue weighted by Crippen LogP contribution is -2.35. The second kappa shape index (κ2) is 6.59. The summed E-state index contributed by atoms with van der Waals surface area (Å²) in [7, 11) is 3.65. The number of nitrogens with zero attached hydrogens (tertiary/aromatic N) is 1. The molecule has 4 heteroatoms. The fourth-order valence-electron chi connectivity index (χ4n) is 1.69. The summed E-state index contributed by atoms with van der Waals surface area (Å²) in [5, 5.41) is 10.1. The van der Waals surface area contributed by atoms with E-state index in [2.05, 4.69) is 11.8 Å². The lowest BCUT2D eigenvalue weighted by atomic mass is 10.1. The van der Waals surface area contributed by atoms with E-state index in [0.29, 0.717) is 18.8 Å².